The first-order valence-corrected chi connectivity index (χ1v) is 3.93. The summed E-state index contributed by atoms with van der Waals surface area (Å²) in [6.07, 6.45) is 0.661. The third kappa shape index (κ3) is 1.08. The van der Waals surface area contributed by atoms with Crippen molar-refractivity contribution in [2.24, 2.45) is 0 Å². The van der Waals surface area contributed by atoms with Crippen LogP contribution in [-0.4, -0.2) is 23.8 Å². The normalized spacial score (nSPS) is 41.1. The van der Waals surface area contributed by atoms with E-state index in [1.54, 1.807) is 0 Å². The lowest BCUT2D eigenvalue weighted by atomic mass is 9.96. The van der Waals surface area contributed by atoms with Crippen LogP contribution in [0.1, 0.15) is 26.7 Å². The summed E-state index contributed by atoms with van der Waals surface area (Å²) < 4.78 is 10.9. The first-order valence-electron chi connectivity index (χ1n) is 3.93. The zero-order valence-corrected chi connectivity index (χ0v) is 6.79. The highest BCUT2D eigenvalue weighted by Crippen LogP contribution is 2.36. The van der Waals surface area contributed by atoms with E-state index in [-0.39, 0.29) is 23.8 Å². The predicted octanol–water partition coefficient (Wildman–Crippen LogP) is 0.869. The number of rotatable bonds is 0. The minimum Gasteiger partial charge on any atom is -0.345 e. The molecule has 2 saturated heterocycles. The summed E-state index contributed by atoms with van der Waals surface area (Å²) in [4.78, 5) is 11.1. The zero-order chi connectivity index (χ0) is 8.06. The Bertz CT molecular complexity index is 198. The molecule has 0 aliphatic carbocycles. The highest BCUT2D eigenvalue weighted by Gasteiger charge is 2.47. The van der Waals surface area contributed by atoms with E-state index >= 15 is 0 Å². The SMILES string of the molecule is CC1(C)O[C@H]2CC(=O)C[C@@H]1O2. The number of Topliss-reactive ketones (excluding diaryl/α,β-unsaturated/α-hetero) is 1. The molecule has 3 nitrogen and oxygen atoms in total. The summed E-state index contributed by atoms with van der Waals surface area (Å²) in [5.41, 5.74) is -0.267. The molecule has 62 valence electrons. The summed E-state index contributed by atoms with van der Waals surface area (Å²) in [6.45, 7) is 3.94. The topological polar surface area (TPSA) is 35.5 Å². The number of fused-ring (bicyclic) bond motifs is 2. The molecule has 2 fully saturated rings. The molecule has 2 aliphatic rings. The zero-order valence-electron chi connectivity index (χ0n) is 6.79. The number of carbonyl (C=O) groups excluding carboxylic acids is 1. The van der Waals surface area contributed by atoms with Crippen molar-refractivity contribution >= 4 is 5.78 Å². The molecule has 0 unspecified atom stereocenters. The first-order chi connectivity index (χ1) is 5.08. The average molecular weight is 156 g/mol. The van der Waals surface area contributed by atoms with Crippen LogP contribution in [0.25, 0.3) is 0 Å². The maximum absolute atomic E-state index is 11.1. The summed E-state index contributed by atoms with van der Waals surface area (Å²) in [5, 5.41) is 0. The van der Waals surface area contributed by atoms with E-state index in [0.717, 1.165) is 0 Å². The van der Waals surface area contributed by atoms with Crippen LogP contribution < -0.4 is 0 Å². The van der Waals surface area contributed by atoms with E-state index in [1.807, 2.05) is 13.8 Å². The second kappa shape index (κ2) is 2.05. The maximum Gasteiger partial charge on any atom is 0.165 e. The van der Waals surface area contributed by atoms with Crippen LogP contribution in [0.3, 0.4) is 0 Å². The molecule has 0 amide bonds. The highest BCUT2D eigenvalue weighted by atomic mass is 16.7. The maximum atomic E-state index is 11.1. The van der Waals surface area contributed by atoms with Crippen LogP contribution in [0.4, 0.5) is 0 Å². The molecule has 2 bridgehead atoms. The molecule has 0 N–H and O–H groups in total. The molecule has 2 rings (SSSR count). The Kier molecular flexibility index (Phi) is 1.35. The summed E-state index contributed by atoms with van der Waals surface area (Å²) in [7, 11) is 0. The van der Waals surface area contributed by atoms with E-state index < -0.39 is 0 Å². The van der Waals surface area contributed by atoms with Crippen molar-refractivity contribution in [1.29, 1.82) is 0 Å². The quantitative estimate of drug-likeness (QED) is 0.522. The van der Waals surface area contributed by atoms with Crippen LogP contribution in [0.15, 0.2) is 0 Å². The second-order valence-electron chi connectivity index (χ2n) is 3.72. The Hall–Kier alpha value is -0.410. The number of ketones is 1. The van der Waals surface area contributed by atoms with E-state index in [1.165, 1.54) is 0 Å². The molecule has 0 saturated carbocycles. The molecular formula is C8H12O3. The Morgan fingerprint density at radius 1 is 1.45 bits per heavy atom. The second-order valence-corrected chi connectivity index (χ2v) is 3.72. The van der Waals surface area contributed by atoms with Crippen molar-refractivity contribution < 1.29 is 14.3 Å². The number of hydrogen-bond donors (Lipinski definition) is 0. The third-order valence-corrected chi connectivity index (χ3v) is 2.33. The van der Waals surface area contributed by atoms with Gasteiger partial charge in [-0.05, 0) is 13.8 Å². The van der Waals surface area contributed by atoms with Crippen molar-refractivity contribution in [3.05, 3.63) is 0 Å². The van der Waals surface area contributed by atoms with Gasteiger partial charge in [0.2, 0.25) is 0 Å². The molecule has 0 spiro atoms. The molecule has 0 aromatic carbocycles. The van der Waals surface area contributed by atoms with Gasteiger partial charge in [-0.1, -0.05) is 0 Å². The third-order valence-electron chi connectivity index (χ3n) is 2.33. The van der Waals surface area contributed by atoms with Crippen molar-refractivity contribution in [2.45, 2.75) is 44.7 Å². The summed E-state index contributed by atoms with van der Waals surface area (Å²) >= 11 is 0. The molecule has 2 heterocycles. The smallest absolute Gasteiger partial charge is 0.165 e. The van der Waals surface area contributed by atoms with Gasteiger partial charge in [-0.2, -0.15) is 0 Å². The lowest BCUT2D eigenvalue weighted by Crippen LogP contribution is -2.34. The van der Waals surface area contributed by atoms with Crippen LogP contribution in [0, 0.1) is 0 Å². The fraction of sp³-hybridized carbons (Fsp3) is 0.875. The monoisotopic (exact) mass is 156 g/mol. The predicted molar refractivity (Wildman–Crippen MR) is 38.1 cm³/mol. The fourth-order valence-corrected chi connectivity index (χ4v) is 1.65. The van der Waals surface area contributed by atoms with Gasteiger partial charge in [-0.25, -0.2) is 0 Å². The van der Waals surface area contributed by atoms with Gasteiger partial charge in [-0.3, -0.25) is 4.79 Å². The minimum absolute atomic E-state index is 0.0197. The minimum atomic E-state index is -0.267. The lowest BCUT2D eigenvalue weighted by molar-refractivity contribution is -0.139. The summed E-state index contributed by atoms with van der Waals surface area (Å²) in [6, 6.07) is 0. The average Bonchev–Trinajstić information content (AvgIpc) is 2.02. The van der Waals surface area contributed by atoms with Gasteiger partial charge >= 0.3 is 0 Å². The molecule has 2 atom stereocenters. The Balaban J connectivity index is 2.21. The summed E-state index contributed by atoms with van der Waals surface area (Å²) in [5.74, 6) is 0.261. The van der Waals surface area contributed by atoms with E-state index in [4.69, 9.17) is 9.47 Å². The Morgan fingerprint density at radius 3 is 2.82 bits per heavy atom. The van der Waals surface area contributed by atoms with Crippen LogP contribution >= 0.6 is 0 Å². The molecule has 0 radical (unpaired) electrons. The van der Waals surface area contributed by atoms with Crippen molar-refractivity contribution in [2.75, 3.05) is 0 Å². The Labute approximate surface area is 65.7 Å². The van der Waals surface area contributed by atoms with Gasteiger partial charge in [0, 0.05) is 6.42 Å². The van der Waals surface area contributed by atoms with Gasteiger partial charge in [0.1, 0.15) is 5.78 Å². The van der Waals surface area contributed by atoms with Crippen molar-refractivity contribution in [3.8, 4) is 0 Å². The molecule has 0 aromatic heterocycles. The molecule has 11 heavy (non-hydrogen) atoms. The fourth-order valence-electron chi connectivity index (χ4n) is 1.65. The number of hydrogen-bond acceptors (Lipinski definition) is 3. The van der Waals surface area contributed by atoms with Crippen LogP contribution in [0.5, 0.6) is 0 Å². The Morgan fingerprint density at radius 2 is 2.18 bits per heavy atom. The standard InChI is InChI=1S/C8H12O3/c1-8(2)6-3-5(9)4-7(10-6)11-8/h6-7H,3-4H2,1-2H3/t6-,7-/m0/s1. The van der Waals surface area contributed by atoms with Gasteiger partial charge in [0.25, 0.3) is 0 Å². The van der Waals surface area contributed by atoms with Gasteiger partial charge in [0.15, 0.2) is 6.29 Å². The van der Waals surface area contributed by atoms with Crippen LogP contribution in [-0.2, 0) is 14.3 Å². The number of ether oxygens (including phenoxy) is 2. The van der Waals surface area contributed by atoms with Gasteiger partial charge < -0.3 is 9.47 Å². The largest absolute Gasteiger partial charge is 0.345 e. The van der Waals surface area contributed by atoms with Crippen LogP contribution in [0.2, 0.25) is 0 Å². The van der Waals surface area contributed by atoms with Gasteiger partial charge in [0.05, 0.1) is 18.1 Å². The lowest BCUT2D eigenvalue weighted by Gasteiger charge is -2.22. The van der Waals surface area contributed by atoms with Crippen molar-refractivity contribution in [1.82, 2.24) is 0 Å². The molecule has 3 heteroatoms. The molecule has 0 aromatic rings. The number of carbonyl (C=O) groups is 1. The van der Waals surface area contributed by atoms with Crippen molar-refractivity contribution in [3.63, 3.8) is 0 Å². The first kappa shape index (κ1) is 7.25. The molecular weight excluding hydrogens is 144 g/mol. The van der Waals surface area contributed by atoms with E-state index in [2.05, 4.69) is 0 Å². The molecule has 2 aliphatic heterocycles. The van der Waals surface area contributed by atoms with E-state index in [0.29, 0.717) is 12.8 Å². The van der Waals surface area contributed by atoms with Gasteiger partial charge in [-0.15, -0.1) is 0 Å². The highest BCUT2D eigenvalue weighted by molar-refractivity contribution is 5.80. The van der Waals surface area contributed by atoms with E-state index in [9.17, 15) is 4.79 Å².